The number of hydrogen-bond donors (Lipinski definition) is 3. The Morgan fingerprint density at radius 3 is 2.78 bits per heavy atom. The van der Waals surface area contributed by atoms with E-state index in [1.165, 1.54) is 6.07 Å². The zero-order valence-corrected chi connectivity index (χ0v) is 20.1. The van der Waals surface area contributed by atoms with Gasteiger partial charge < -0.3 is 10.3 Å². The number of nitrogens with one attached hydrogen (secondary N) is 3. The number of carbonyl (C=O) groups excluding carboxylic acids is 1. The van der Waals surface area contributed by atoms with Crippen molar-refractivity contribution in [3.05, 3.63) is 72.3 Å². The van der Waals surface area contributed by atoms with E-state index in [1.807, 2.05) is 43.3 Å². The van der Waals surface area contributed by atoms with E-state index in [0.29, 0.717) is 17.8 Å². The van der Waals surface area contributed by atoms with Gasteiger partial charge in [0.1, 0.15) is 0 Å². The average molecular weight is 497 g/mol. The number of pyridine rings is 2. The normalized spacial score (nSPS) is 11.4. The standard InChI is InChI=1S/C27H21FN6OS/c1-2-4-25(35)31-17-9-15(12-29-14-17)16-10-20-26(33-34-27(20)30-13-16)22-11-19-18(5-3-6-21(19)32-22)23-7-8-24(28)36-23/h3,5-14,32H,2,4H2,1H3,(H,31,35)(H,30,33,34). The maximum absolute atomic E-state index is 13.7. The Hall–Kier alpha value is -4.37. The van der Waals surface area contributed by atoms with E-state index in [9.17, 15) is 9.18 Å². The summed E-state index contributed by atoms with van der Waals surface area (Å²) in [5, 5.41) is 12.0. The van der Waals surface area contributed by atoms with E-state index < -0.39 is 0 Å². The highest BCUT2D eigenvalue weighted by Gasteiger charge is 2.15. The third kappa shape index (κ3) is 4.03. The second-order valence-electron chi connectivity index (χ2n) is 8.51. The number of benzene rings is 1. The van der Waals surface area contributed by atoms with Crippen LogP contribution in [0.2, 0.25) is 0 Å². The molecule has 0 spiro atoms. The minimum atomic E-state index is -0.209. The third-order valence-electron chi connectivity index (χ3n) is 6.01. The van der Waals surface area contributed by atoms with Crippen molar-refractivity contribution in [1.82, 2.24) is 25.1 Å². The Morgan fingerprint density at radius 2 is 1.94 bits per heavy atom. The van der Waals surface area contributed by atoms with Crippen LogP contribution in [0, 0.1) is 5.13 Å². The average Bonchev–Trinajstić information content (AvgIpc) is 3.61. The van der Waals surface area contributed by atoms with Crippen molar-refractivity contribution in [1.29, 1.82) is 0 Å². The van der Waals surface area contributed by atoms with Crippen LogP contribution in [0.25, 0.3) is 54.9 Å². The van der Waals surface area contributed by atoms with E-state index >= 15 is 0 Å². The molecule has 0 saturated heterocycles. The number of aromatic amines is 2. The number of thiophene rings is 1. The quantitative estimate of drug-likeness (QED) is 0.237. The van der Waals surface area contributed by atoms with Crippen LogP contribution in [0.15, 0.2) is 67.1 Å². The van der Waals surface area contributed by atoms with Crippen molar-refractivity contribution in [2.75, 3.05) is 5.32 Å². The predicted octanol–water partition coefficient (Wildman–Crippen LogP) is 6.77. The Labute approximate surface area is 209 Å². The topological polar surface area (TPSA) is 99.3 Å². The van der Waals surface area contributed by atoms with E-state index in [4.69, 9.17) is 0 Å². The van der Waals surface area contributed by atoms with Crippen LogP contribution in [-0.4, -0.2) is 31.1 Å². The lowest BCUT2D eigenvalue weighted by Crippen LogP contribution is -2.10. The zero-order valence-electron chi connectivity index (χ0n) is 19.3. The smallest absolute Gasteiger partial charge is 0.224 e. The fourth-order valence-corrected chi connectivity index (χ4v) is 5.11. The second-order valence-corrected chi connectivity index (χ2v) is 9.54. The number of amides is 1. The Bertz CT molecular complexity index is 1730. The van der Waals surface area contributed by atoms with Crippen LogP contribution < -0.4 is 5.32 Å². The van der Waals surface area contributed by atoms with Crippen molar-refractivity contribution < 1.29 is 9.18 Å². The minimum Gasteiger partial charge on any atom is -0.353 e. The molecule has 0 aliphatic carbocycles. The first-order chi connectivity index (χ1) is 17.6. The second kappa shape index (κ2) is 9.01. The first-order valence-corrected chi connectivity index (χ1v) is 12.4. The van der Waals surface area contributed by atoms with E-state index in [-0.39, 0.29) is 11.0 Å². The van der Waals surface area contributed by atoms with Crippen LogP contribution in [0.5, 0.6) is 0 Å². The molecule has 36 heavy (non-hydrogen) atoms. The highest BCUT2D eigenvalue weighted by Crippen LogP contribution is 2.37. The van der Waals surface area contributed by atoms with Gasteiger partial charge in [-0.2, -0.15) is 9.49 Å². The number of fused-ring (bicyclic) bond motifs is 2. The molecular formula is C27H21FN6OS. The third-order valence-corrected chi connectivity index (χ3v) is 6.92. The monoisotopic (exact) mass is 496 g/mol. The number of hydrogen-bond acceptors (Lipinski definition) is 5. The van der Waals surface area contributed by atoms with Gasteiger partial charge in [-0.15, -0.1) is 11.3 Å². The lowest BCUT2D eigenvalue weighted by molar-refractivity contribution is -0.116. The number of rotatable bonds is 6. The molecule has 0 unspecified atom stereocenters. The SMILES string of the molecule is CCCC(=O)Nc1cncc(-c2cnc3n[nH]c(-c4cc5c(-c6ccc(F)s6)cccc5[nH]4)c3c2)c1. The summed E-state index contributed by atoms with van der Waals surface area (Å²) in [7, 11) is 0. The molecule has 0 atom stereocenters. The largest absolute Gasteiger partial charge is 0.353 e. The summed E-state index contributed by atoms with van der Waals surface area (Å²) in [6.45, 7) is 1.97. The van der Waals surface area contributed by atoms with Crippen molar-refractivity contribution >= 4 is 44.9 Å². The molecule has 0 aliphatic heterocycles. The highest BCUT2D eigenvalue weighted by atomic mass is 32.1. The summed E-state index contributed by atoms with van der Waals surface area (Å²) in [6, 6.07) is 15.2. The number of halogens is 1. The van der Waals surface area contributed by atoms with Crippen LogP contribution in [0.1, 0.15) is 19.8 Å². The predicted molar refractivity (Wildman–Crippen MR) is 141 cm³/mol. The molecule has 0 bridgehead atoms. The number of carbonyl (C=O) groups is 1. The van der Waals surface area contributed by atoms with Gasteiger partial charge in [0.15, 0.2) is 10.8 Å². The first-order valence-electron chi connectivity index (χ1n) is 11.6. The summed E-state index contributed by atoms with van der Waals surface area (Å²) < 4.78 is 13.7. The molecule has 6 aromatic rings. The van der Waals surface area contributed by atoms with Gasteiger partial charge in [-0.05, 0) is 42.8 Å². The minimum absolute atomic E-state index is 0.0365. The molecule has 0 fully saturated rings. The molecule has 7 nitrogen and oxygen atoms in total. The van der Waals surface area contributed by atoms with E-state index in [1.54, 1.807) is 24.7 Å². The van der Waals surface area contributed by atoms with Gasteiger partial charge >= 0.3 is 0 Å². The molecule has 1 aromatic carbocycles. The fourth-order valence-electron chi connectivity index (χ4n) is 4.34. The summed E-state index contributed by atoms with van der Waals surface area (Å²) in [6.07, 6.45) is 6.36. The Morgan fingerprint density at radius 1 is 1.06 bits per heavy atom. The van der Waals surface area contributed by atoms with Gasteiger partial charge in [0.2, 0.25) is 5.91 Å². The number of H-pyrrole nitrogens is 2. The van der Waals surface area contributed by atoms with Crippen LogP contribution >= 0.6 is 11.3 Å². The number of aromatic nitrogens is 5. The molecule has 178 valence electrons. The maximum atomic E-state index is 13.7. The summed E-state index contributed by atoms with van der Waals surface area (Å²) in [4.78, 5) is 25.2. The van der Waals surface area contributed by atoms with Crippen molar-refractivity contribution in [3.8, 4) is 33.0 Å². The van der Waals surface area contributed by atoms with Gasteiger partial charge in [-0.3, -0.25) is 14.9 Å². The molecule has 3 N–H and O–H groups in total. The van der Waals surface area contributed by atoms with Crippen LogP contribution in [0.3, 0.4) is 0 Å². The van der Waals surface area contributed by atoms with Gasteiger partial charge in [0.05, 0.1) is 23.3 Å². The van der Waals surface area contributed by atoms with E-state index in [2.05, 4.69) is 30.5 Å². The Balaban J connectivity index is 1.40. The molecule has 1 amide bonds. The molecule has 0 aliphatic rings. The number of anilines is 1. The van der Waals surface area contributed by atoms with Crippen LogP contribution in [0.4, 0.5) is 10.1 Å². The molecule has 9 heteroatoms. The summed E-state index contributed by atoms with van der Waals surface area (Å²) in [5.41, 5.74) is 6.51. The summed E-state index contributed by atoms with van der Waals surface area (Å²) in [5.74, 6) is -0.0365. The summed E-state index contributed by atoms with van der Waals surface area (Å²) >= 11 is 1.13. The van der Waals surface area contributed by atoms with Gasteiger partial charge in [0, 0.05) is 56.7 Å². The maximum Gasteiger partial charge on any atom is 0.224 e. The molecule has 0 radical (unpaired) electrons. The van der Waals surface area contributed by atoms with Gasteiger partial charge in [0.25, 0.3) is 0 Å². The lowest BCUT2D eigenvalue weighted by atomic mass is 10.1. The first kappa shape index (κ1) is 22.1. The highest BCUT2D eigenvalue weighted by molar-refractivity contribution is 7.14. The van der Waals surface area contributed by atoms with Gasteiger partial charge in [-0.1, -0.05) is 19.1 Å². The lowest BCUT2D eigenvalue weighted by Gasteiger charge is -2.07. The number of nitrogens with zero attached hydrogens (tertiary/aromatic N) is 3. The molecule has 6 rings (SSSR count). The van der Waals surface area contributed by atoms with Crippen molar-refractivity contribution in [2.24, 2.45) is 0 Å². The van der Waals surface area contributed by atoms with E-state index in [0.717, 1.165) is 67.0 Å². The molecule has 5 aromatic heterocycles. The van der Waals surface area contributed by atoms with Crippen molar-refractivity contribution in [2.45, 2.75) is 19.8 Å². The van der Waals surface area contributed by atoms with Gasteiger partial charge in [-0.25, -0.2) is 4.98 Å². The molecule has 0 saturated carbocycles. The molecular weight excluding hydrogens is 475 g/mol. The molecule has 5 heterocycles. The zero-order chi connectivity index (χ0) is 24.6. The fraction of sp³-hybridized carbons (Fsp3) is 0.111. The van der Waals surface area contributed by atoms with Crippen molar-refractivity contribution in [3.63, 3.8) is 0 Å². The van der Waals surface area contributed by atoms with Crippen LogP contribution in [-0.2, 0) is 4.79 Å². The Kier molecular flexibility index (Phi) is 5.54.